The maximum Gasteiger partial charge on any atom is 0.229 e. The SMILES string of the molecule is C[C@H](Sc1nnc(NC2CC2)s1)c1nc(N)nc(N(C)C)n1. The van der Waals surface area contributed by atoms with E-state index in [-0.39, 0.29) is 11.2 Å². The van der Waals surface area contributed by atoms with Gasteiger partial charge in [-0.1, -0.05) is 23.1 Å². The molecule has 118 valence electrons. The average Bonchev–Trinajstić information content (AvgIpc) is 3.17. The molecule has 1 aliphatic carbocycles. The Morgan fingerprint density at radius 2 is 2.05 bits per heavy atom. The monoisotopic (exact) mass is 338 g/mol. The standard InChI is InChI=1S/C12H18N8S2/c1-6(8-15-9(13)17-10(16-8)20(2)3)21-12-19-18-11(22-12)14-7-4-5-7/h6-7H,4-5H2,1-3H3,(H,14,18)(H2,13,15,16,17)/t6-/m0/s1. The summed E-state index contributed by atoms with van der Waals surface area (Å²) in [5, 5.41) is 12.6. The minimum atomic E-state index is 0.0192. The Balaban J connectivity index is 1.70. The van der Waals surface area contributed by atoms with Gasteiger partial charge in [0.15, 0.2) is 4.34 Å². The molecule has 0 aromatic carbocycles. The van der Waals surface area contributed by atoms with Crippen molar-refractivity contribution >= 4 is 40.1 Å². The fourth-order valence-corrected chi connectivity index (χ4v) is 3.72. The number of thioether (sulfide) groups is 1. The van der Waals surface area contributed by atoms with Crippen LogP contribution in [0.4, 0.5) is 17.0 Å². The highest BCUT2D eigenvalue weighted by molar-refractivity contribution is 8.01. The molecule has 0 spiro atoms. The van der Waals surface area contributed by atoms with E-state index in [1.54, 1.807) is 23.1 Å². The summed E-state index contributed by atoms with van der Waals surface area (Å²) in [6.45, 7) is 2.02. The van der Waals surface area contributed by atoms with Crippen LogP contribution in [0.1, 0.15) is 30.8 Å². The molecular weight excluding hydrogens is 320 g/mol. The number of hydrogen-bond donors (Lipinski definition) is 2. The summed E-state index contributed by atoms with van der Waals surface area (Å²) in [5.41, 5.74) is 5.76. The van der Waals surface area contributed by atoms with Gasteiger partial charge < -0.3 is 16.0 Å². The van der Waals surface area contributed by atoms with Crippen molar-refractivity contribution < 1.29 is 0 Å². The first kappa shape index (κ1) is 15.2. The van der Waals surface area contributed by atoms with Crippen LogP contribution in [0.15, 0.2) is 4.34 Å². The third-order valence-corrected chi connectivity index (χ3v) is 5.05. The second kappa shape index (κ2) is 6.21. The van der Waals surface area contributed by atoms with Crippen LogP contribution in [0, 0.1) is 0 Å². The topological polar surface area (TPSA) is 106 Å². The van der Waals surface area contributed by atoms with E-state index in [1.807, 2.05) is 25.9 Å². The second-order valence-electron chi connectivity index (χ2n) is 5.30. The number of rotatable bonds is 6. The van der Waals surface area contributed by atoms with Crippen LogP contribution in [-0.4, -0.2) is 45.3 Å². The third-order valence-electron chi connectivity index (χ3n) is 3.01. The van der Waals surface area contributed by atoms with Gasteiger partial charge in [-0.25, -0.2) is 0 Å². The fourth-order valence-electron chi connectivity index (χ4n) is 1.70. The molecule has 2 aromatic heterocycles. The lowest BCUT2D eigenvalue weighted by Gasteiger charge is -2.13. The number of nitrogens with zero attached hydrogens (tertiary/aromatic N) is 6. The van der Waals surface area contributed by atoms with Crippen LogP contribution in [0.25, 0.3) is 0 Å². The first-order valence-electron chi connectivity index (χ1n) is 6.96. The van der Waals surface area contributed by atoms with Gasteiger partial charge in [0.05, 0.1) is 5.25 Å². The minimum Gasteiger partial charge on any atom is -0.368 e. The number of nitrogens with two attached hydrogens (primary N) is 1. The van der Waals surface area contributed by atoms with E-state index < -0.39 is 0 Å². The molecule has 0 amide bonds. The highest BCUT2D eigenvalue weighted by Gasteiger charge is 2.23. The molecule has 8 nitrogen and oxygen atoms in total. The Bertz CT molecular complexity index is 654. The summed E-state index contributed by atoms with van der Waals surface area (Å²) in [5.74, 6) is 1.44. The minimum absolute atomic E-state index is 0.0192. The predicted octanol–water partition coefficient (Wildman–Crippen LogP) is 1.80. The number of anilines is 3. The van der Waals surface area contributed by atoms with E-state index in [0.29, 0.717) is 17.8 Å². The zero-order valence-electron chi connectivity index (χ0n) is 12.6. The van der Waals surface area contributed by atoms with Gasteiger partial charge in [-0.2, -0.15) is 15.0 Å². The molecule has 3 N–H and O–H groups in total. The van der Waals surface area contributed by atoms with Gasteiger partial charge >= 0.3 is 0 Å². The molecule has 0 bridgehead atoms. The molecule has 0 saturated heterocycles. The molecule has 1 atom stereocenters. The van der Waals surface area contributed by atoms with Crippen LogP contribution in [0.3, 0.4) is 0 Å². The fraction of sp³-hybridized carbons (Fsp3) is 0.583. The second-order valence-corrected chi connectivity index (χ2v) is 7.86. The van der Waals surface area contributed by atoms with Crippen molar-refractivity contribution in [2.75, 3.05) is 30.0 Å². The van der Waals surface area contributed by atoms with Crippen molar-refractivity contribution in [3.63, 3.8) is 0 Å². The zero-order chi connectivity index (χ0) is 15.7. The van der Waals surface area contributed by atoms with Gasteiger partial charge in [-0.05, 0) is 19.8 Å². The van der Waals surface area contributed by atoms with Crippen molar-refractivity contribution in [1.29, 1.82) is 0 Å². The summed E-state index contributed by atoms with van der Waals surface area (Å²) in [6.07, 6.45) is 2.44. The van der Waals surface area contributed by atoms with Crippen LogP contribution in [0.5, 0.6) is 0 Å². The number of nitrogen functional groups attached to an aromatic ring is 1. The normalized spacial score (nSPS) is 15.6. The van der Waals surface area contributed by atoms with Crippen LogP contribution < -0.4 is 16.0 Å². The van der Waals surface area contributed by atoms with Gasteiger partial charge in [-0.3, -0.25) is 0 Å². The van der Waals surface area contributed by atoms with E-state index in [1.165, 1.54) is 12.8 Å². The number of hydrogen-bond acceptors (Lipinski definition) is 10. The molecule has 1 saturated carbocycles. The summed E-state index contributed by atoms with van der Waals surface area (Å²) < 4.78 is 0.890. The molecular formula is C12H18N8S2. The highest BCUT2D eigenvalue weighted by atomic mass is 32.2. The Morgan fingerprint density at radius 3 is 2.73 bits per heavy atom. The molecule has 0 radical (unpaired) electrons. The van der Waals surface area contributed by atoms with Gasteiger partial charge in [0, 0.05) is 20.1 Å². The molecule has 3 rings (SSSR count). The van der Waals surface area contributed by atoms with E-state index in [9.17, 15) is 0 Å². The lowest BCUT2D eigenvalue weighted by atomic mass is 10.4. The summed E-state index contributed by atoms with van der Waals surface area (Å²) >= 11 is 3.13. The van der Waals surface area contributed by atoms with Crippen LogP contribution in [0.2, 0.25) is 0 Å². The molecule has 10 heteroatoms. The molecule has 22 heavy (non-hydrogen) atoms. The summed E-state index contributed by atoms with van der Waals surface area (Å²) in [4.78, 5) is 14.6. The van der Waals surface area contributed by atoms with Gasteiger partial charge in [-0.15, -0.1) is 10.2 Å². The number of aromatic nitrogens is 5. The maximum atomic E-state index is 5.76. The first-order valence-corrected chi connectivity index (χ1v) is 8.66. The van der Waals surface area contributed by atoms with Crippen molar-refractivity contribution in [2.24, 2.45) is 0 Å². The Hall–Kier alpha value is -1.68. The van der Waals surface area contributed by atoms with Crippen molar-refractivity contribution in [3.05, 3.63) is 5.82 Å². The lowest BCUT2D eigenvalue weighted by molar-refractivity contribution is 0.863. The number of nitrogens with one attached hydrogen (secondary N) is 1. The van der Waals surface area contributed by atoms with Crippen molar-refractivity contribution in [1.82, 2.24) is 25.1 Å². The zero-order valence-corrected chi connectivity index (χ0v) is 14.3. The highest BCUT2D eigenvalue weighted by Crippen LogP contribution is 2.37. The molecule has 2 heterocycles. The molecule has 1 fully saturated rings. The Labute approximate surface area is 137 Å². The van der Waals surface area contributed by atoms with Gasteiger partial charge in [0.2, 0.25) is 17.0 Å². The average molecular weight is 338 g/mol. The van der Waals surface area contributed by atoms with Crippen molar-refractivity contribution in [2.45, 2.75) is 35.4 Å². The van der Waals surface area contributed by atoms with E-state index in [2.05, 4.69) is 30.5 Å². The lowest BCUT2D eigenvalue weighted by Crippen LogP contribution is -2.16. The van der Waals surface area contributed by atoms with Crippen LogP contribution >= 0.6 is 23.1 Å². The Morgan fingerprint density at radius 1 is 1.27 bits per heavy atom. The molecule has 1 aliphatic rings. The quantitative estimate of drug-likeness (QED) is 0.762. The maximum absolute atomic E-state index is 5.76. The smallest absolute Gasteiger partial charge is 0.229 e. The van der Waals surface area contributed by atoms with Crippen LogP contribution in [-0.2, 0) is 0 Å². The summed E-state index contributed by atoms with van der Waals surface area (Å²) in [7, 11) is 3.74. The third kappa shape index (κ3) is 3.74. The summed E-state index contributed by atoms with van der Waals surface area (Å²) in [6, 6.07) is 0.578. The predicted molar refractivity (Wildman–Crippen MR) is 89.4 cm³/mol. The Kier molecular flexibility index (Phi) is 4.30. The van der Waals surface area contributed by atoms with Gasteiger partial charge in [0.1, 0.15) is 5.82 Å². The molecule has 2 aromatic rings. The molecule has 0 aliphatic heterocycles. The van der Waals surface area contributed by atoms with Crippen molar-refractivity contribution in [3.8, 4) is 0 Å². The first-order chi connectivity index (χ1) is 10.5. The van der Waals surface area contributed by atoms with E-state index >= 15 is 0 Å². The molecule has 0 unspecified atom stereocenters. The van der Waals surface area contributed by atoms with E-state index in [0.717, 1.165) is 9.47 Å². The van der Waals surface area contributed by atoms with E-state index in [4.69, 9.17) is 5.73 Å². The van der Waals surface area contributed by atoms with Gasteiger partial charge in [0.25, 0.3) is 0 Å². The largest absolute Gasteiger partial charge is 0.368 e.